The molecule has 1 aliphatic heterocycles. The van der Waals surface area contributed by atoms with Crippen molar-refractivity contribution < 1.29 is 18.0 Å². The Morgan fingerprint density at radius 1 is 1.06 bits per heavy atom. The first kappa shape index (κ1) is 20.9. The highest BCUT2D eigenvalue weighted by Crippen LogP contribution is 2.34. The van der Waals surface area contributed by atoms with Gasteiger partial charge in [-0.15, -0.1) is 0 Å². The van der Waals surface area contributed by atoms with Crippen LogP contribution in [0.2, 0.25) is 0 Å². The van der Waals surface area contributed by atoms with Crippen LogP contribution in [-0.4, -0.2) is 38.7 Å². The van der Waals surface area contributed by atoms with Gasteiger partial charge in [-0.25, -0.2) is 14.5 Å². The maximum absolute atomic E-state index is 13.3. The molecular formula is C22H21F3N4O2. The molecule has 0 unspecified atom stereocenters. The predicted molar refractivity (Wildman–Crippen MR) is 108 cm³/mol. The van der Waals surface area contributed by atoms with Crippen molar-refractivity contribution in [2.24, 2.45) is 0 Å². The summed E-state index contributed by atoms with van der Waals surface area (Å²) in [7, 11) is 0. The fourth-order valence-corrected chi connectivity index (χ4v) is 3.95. The van der Waals surface area contributed by atoms with Crippen LogP contribution in [0.1, 0.15) is 46.1 Å². The smallest absolute Gasteiger partial charge is 0.339 e. The van der Waals surface area contributed by atoms with Gasteiger partial charge in [-0.05, 0) is 44.0 Å². The molecule has 0 aliphatic carbocycles. The molecule has 3 aromatic rings. The van der Waals surface area contributed by atoms with E-state index < -0.39 is 17.6 Å². The van der Waals surface area contributed by atoms with Crippen LogP contribution in [0.15, 0.2) is 53.3 Å². The molecule has 2 aromatic carbocycles. The lowest BCUT2D eigenvalue weighted by atomic mass is 9.94. The fraction of sp³-hybridized carbons (Fsp3) is 0.318. The van der Waals surface area contributed by atoms with Crippen LogP contribution >= 0.6 is 0 Å². The van der Waals surface area contributed by atoms with E-state index in [-0.39, 0.29) is 30.3 Å². The molecule has 31 heavy (non-hydrogen) atoms. The number of nitrogens with one attached hydrogen (secondary N) is 1. The van der Waals surface area contributed by atoms with Gasteiger partial charge in [-0.1, -0.05) is 29.8 Å². The highest BCUT2D eigenvalue weighted by molar-refractivity contribution is 5.96. The SMILES string of the molecule is Cc1ccc(-n2c(C3CCN(C(=O)c4ccccc4C(F)(F)F)CC3)n[nH]c2=O)cc1. The number of halogens is 3. The Hall–Kier alpha value is -3.36. The Bertz CT molecular complexity index is 1140. The van der Waals surface area contributed by atoms with Crippen LogP contribution in [0.4, 0.5) is 13.2 Å². The van der Waals surface area contributed by atoms with Crippen molar-refractivity contribution in [2.75, 3.05) is 13.1 Å². The Morgan fingerprint density at radius 2 is 1.71 bits per heavy atom. The topological polar surface area (TPSA) is 71.0 Å². The van der Waals surface area contributed by atoms with Crippen molar-refractivity contribution in [2.45, 2.75) is 31.9 Å². The van der Waals surface area contributed by atoms with Crippen LogP contribution in [0.3, 0.4) is 0 Å². The van der Waals surface area contributed by atoms with Gasteiger partial charge in [0.15, 0.2) is 0 Å². The summed E-state index contributed by atoms with van der Waals surface area (Å²) in [5, 5.41) is 6.67. The van der Waals surface area contributed by atoms with Crippen LogP contribution in [0.25, 0.3) is 5.69 Å². The molecule has 1 aromatic heterocycles. The zero-order chi connectivity index (χ0) is 22.2. The number of amides is 1. The summed E-state index contributed by atoms with van der Waals surface area (Å²) in [6.07, 6.45) is -3.60. The molecule has 1 amide bonds. The van der Waals surface area contributed by atoms with Gasteiger partial charge in [0.25, 0.3) is 5.91 Å². The molecule has 0 saturated carbocycles. The minimum absolute atomic E-state index is 0.0952. The van der Waals surface area contributed by atoms with Crippen molar-refractivity contribution in [1.82, 2.24) is 19.7 Å². The van der Waals surface area contributed by atoms with E-state index in [4.69, 9.17) is 0 Å². The van der Waals surface area contributed by atoms with Crippen LogP contribution in [-0.2, 0) is 6.18 Å². The molecule has 162 valence electrons. The fourth-order valence-electron chi connectivity index (χ4n) is 3.95. The summed E-state index contributed by atoms with van der Waals surface area (Å²) in [5.74, 6) is -0.164. The Labute approximate surface area is 176 Å². The second kappa shape index (κ2) is 8.05. The van der Waals surface area contributed by atoms with E-state index >= 15 is 0 Å². The molecule has 0 bridgehead atoms. The van der Waals surface area contributed by atoms with Crippen molar-refractivity contribution in [1.29, 1.82) is 0 Å². The minimum Gasteiger partial charge on any atom is -0.339 e. The summed E-state index contributed by atoms with van der Waals surface area (Å²) >= 11 is 0. The van der Waals surface area contributed by atoms with Crippen molar-refractivity contribution in [3.05, 3.63) is 81.5 Å². The summed E-state index contributed by atoms with van der Waals surface area (Å²) in [6.45, 7) is 2.52. The monoisotopic (exact) mass is 430 g/mol. The number of likely N-dealkylation sites (tertiary alicyclic amines) is 1. The van der Waals surface area contributed by atoms with Crippen LogP contribution in [0, 0.1) is 6.92 Å². The Balaban J connectivity index is 1.53. The molecule has 1 aliphatic rings. The third kappa shape index (κ3) is 4.12. The lowest BCUT2D eigenvalue weighted by Crippen LogP contribution is -2.39. The first-order valence-electron chi connectivity index (χ1n) is 9.95. The van der Waals surface area contributed by atoms with Gasteiger partial charge < -0.3 is 4.90 Å². The van der Waals surface area contributed by atoms with E-state index in [9.17, 15) is 22.8 Å². The van der Waals surface area contributed by atoms with E-state index in [1.165, 1.54) is 27.7 Å². The number of benzene rings is 2. The average molecular weight is 430 g/mol. The molecule has 0 spiro atoms. The number of aromatic amines is 1. The summed E-state index contributed by atoms with van der Waals surface area (Å²) in [5.41, 5.74) is 0.133. The molecule has 2 heterocycles. The third-order valence-electron chi connectivity index (χ3n) is 5.60. The lowest BCUT2D eigenvalue weighted by Gasteiger charge is -2.32. The van der Waals surface area contributed by atoms with Gasteiger partial charge in [0, 0.05) is 19.0 Å². The minimum atomic E-state index is -4.59. The highest BCUT2D eigenvalue weighted by atomic mass is 19.4. The first-order chi connectivity index (χ1) is 14.8. The molecule has 1 N–H and O–H groups in total. The van der Waals surface area contributed by atoms with Crippen molar-refractivity contribution in [3.63, 3.8) is 0 Å². The quantitative estimate of drug-likeness (QED) is 0.685. The number of H-pyrrole nitrogens is 1. The van der Waals surface area contributed by atoms with Gasteiger partial charge in [-0.3, -0.25) is 4.79 Å². The van der Waals surface area contributed by atoms with Crippen molar-refractivity contribution in [3.8, 4) is 5.69 Å². The van der Waals surface area contributed by atoms with Gasteiger partial charge in [-0.2, -0.15) is 18.3 Å². The van der Waals surface area contributed by atoms with E-state index in [2.05, 4.69) is 10.2 Å². The first-order valence-corrected chi connectivity index (χ1v) is 9.95. The Morgan fingerprint density at radius 3 is 2.35 bits per heavy atom. The number of rotatable bonds is 3. The number of alkyl halides is 3. The maximum Gasteiger partial charge on any atom is 0.417 e. The van der Waals surface area contributed by atoms with E-state index in [0.29, 0.717) is 24.4 Å². The summed E-state index contributed by atoms with van der Waals surface area (Å²) in [6, 6.07) is 12.3. The van der Waals surface area contributed by atoms with Gasteiger partial charge in [0.1, 0.15) is 5.82 Å². The largest absolute Gasteiger partial charge is 0.417 e. The molecule has 9 heteroatoms. The van der Waals surface area contributed by atoms with Crippen LogP contribution in [0.5, 0.6) is 0 Å². The lowest BCUT2D eigenvalue weighted by molar-refractivity contribution is -0.138. The number of carbonyl (C=O) groups excluding carboxylic acids is 1. The normalized spacial score (nSPS) is 15.3. The molecule has 0 radical (unpaired) electrons. The zero-order valence-electron chi connectivity index (χ0n) is 16.8. The van der Waals surface area contributed by atoms with Gasteiger partial charge in [0.2, 0.25) is 0 Å². The van der Waals surface area contributed by atoms with Crippen LogP contribution < -0.4 is 5.69 Å². The maximum atomic E-state index is 13.3. The number of carbonyl (C=O) groups is 1. The number of aromatic nitrogens is 3. The Kier molecular flexibility index (Phi) is 5.43. The van der Waals surface area contributed by atoms with Gasteiger partial charge >= 0.3 is 11.9 Å². The van der Waals surface area contributed by atoms with E-state index in [1.807, 2.05) is 31.2 Å². The molecule has 4 rings (SSSR count). The molecule has 1 saturated heterocycles. The number of piperidine rings is 1. The second-order valence-corrected chi connectivity index (χ2v) is 7.67. The molecule has 1 fully saturated rings. The summed E-state index contributed by atoms with van der Waals surface area (Å²) in [4.78, 5) is 26.5. The number of hydrogen-bond acceptors (Lipinski definition) is 3. The second-order valence-electron chi connectivity index (χ2n) is 7.67. The molecule has 0 atom stereocenters. The average Bonchev–Trinajstić information content (AvgIpc) is 3.15. The molecular weight excluding hydrogens is 409 g/mol. The van der Waals surface area contributed by atoms with E-state index in [0.717, 1.165) is 11.6 Å². The van der Waals surface area contributed by atoms with E-state index in [1.54, 1.807) is 0 Å². The standard InChI is InChI=1S/C22H21F3N4O2/c1-14-6-8-16(9-7-14)29-19(26-27-21(29)31)15-10-12-28(13-11-15)20(30)17-4-2-3-5-18(17)22(23,24)25/h2-9,15H,10-13H2,1H3,(H,27,31). The van der Waals surface area contributed by atoms with Crippen molar-refractivity contribution >= 4 is 5.91 Å². The molecule has 6 nitrogen and oxygen atoms in total. The summed E-state index contributed by atoms with van der Waals surface area (Å²) < 4.78 is 41.3. The number of nitrogens with zero attached hydrogens (tertiary/aromatic N) is 3. The zero-order valence-corrected chi connectivity index (χ0v) is 16.8. The van der Waals surface area contributed by atoms with Gasteiger partial charge in [0.05, 0.1) is 16.8 Å². The number of aryl methyl sites for hydroxylation is 1. The third-order valence-corrected chi connectivity index (χ3v) is 5.60. The number of hydrogen-bond donors (Lipinski definition) is 1. The predicted octanol–water partition coefficient (Wildman–Crippen LogP) is 3.91. The highest BCUT2D eigenvalue weighted by Gasteiger charge is 2.37.